The van der Waals surface area contributed by atoms with Crippen molar-refractivity contribution in [3.05, 3.63) is 63.9 Å². The van der Waals surface area contributed by atoms with E-state index in [9.17, 15) is 22.4 Å². The lowest BCUT2D eigenvalue weighted by atomic mass is 10.0. The SMILES string of the molecule is O=C(c1cccc(OC(F)(F)F)c1)c1cc(F)ccc1Br. The van der Waals surface area contributed by atoms with Crippen LogP contribution in [0.1, 0.15) is 15.9 Å². The maximum Gasteiger partial charge on any atom is 0.573 e. The standard InChI is InChI=1S/C14H7BrF4O2/c15-12-5-4-9(16)7-11(12)13(20)8-2-1-3-10(6-8)21-14(17,18)19/h1-7H. The maximum absolute atomic E-state index is 13.2. The number of hydrogen-bond donors (Lipinski definition) is 0. The van der Waals surface area contributed by atoms with Crippen LogP contribution in [-0.4, -0.2) is 12.1 Å². The van der Waals surface area contributed by atoms with Gasteiger partial charge in [0.2, 0.25) is 0 Å². The topological polar surface area (TPSA) is 26.3 Å². The molecule has 0 N–H and O–H groups in total. The second-order valence-corrected chi connectivity index (χ2v) is 4.88. The molecule has 0 saturated heterocycles. The Kier molecular flexibility index (Phi) is 4.32. The van der Waals surface area contributed by atoms with Crippen LogP contribution in [0.2, 0.25) is 0 Å². The third-order valence-electron chi connectivity index (χ3n) is 2.50. The van der Waals surface area contributed by atoms with Crippen molar-refractivity contribution < 1.29 is 27.1 Å². The molecule has 0 atom stereocenters. The summed E-state index contributed by atoms with van der Waals surface area (Å²) >= 11 is 3.10. The van der Waals surface area contributed by atoms with Gasteiger partial charge in [-0.05, 0) is 30.3 Å². The number of rotatable bonds is 3. The number of hydrogen-bond acceptors (Lipinski definition) is 2. The first-order chi connectivity index (χ1) is 9.76. The largest absolute Gasteiger partial charge is 0.573 e. The zero-order valence-corrected chi connectivity index (χ0v) is 11.8. The number of benzene rings is 2. The Labute approximate surface area is 125 Å². The molecule has 0 spiro atoms. The molecule has 0 fully saturated rings. The van der Waals surface area contributed by atoms with Gasteiger partial charge in [0.15, 0.2) is 5.78 Å². The predicted octanol–water partition coefficient (Wildman–Crippen LogP) is 4.72. The fourth-order valence-electron chi connectivity index (χ4n) is 1.66. The lowest BCUT2D eigenvalue weighted by Crippen LogP contribution is -2.17. The van der Waals surface area contributed by atoms with Crippen LogP contribution in [-0.2, 0) is 0 Å². The molecule has 2 rings (SSSR count). The van der Waals surface area contributed by atoms with Crippen molar-refractivity contribution in [2.75, 3.05) is 0 Å². The summed E-state index contributed by atoms with van der Waals surface area (Å²) in [4.78, 5) is 12.2. The average Bonchev–Trinajstić information content (AvgIpc) is 2.39. The highest BCUT2D eigenvalue weighted by molar-refractivity contribution is 9.10. The molecule has 0 aromatic heterocycles. The summed E-state index contributed by atoms with van der Waals surface area (Å²) in [6.07, 6.45) is -4.85. The third-order valence-corrected chi connectivity index (χ3v) is 3.19. The lowest BCUT2D eigenvalue weighted by Gasteiger charge is -2.10. The van der Waals surface area contributed by atoms with E-state index in [0.717, 1.165) is 24.3 Å². The Balaban J connectivity index is 2.35. The van der Waals surface area contributed by atoms with Crippen LogP contribution in [0.3, 0.4) is 0 Å². The normalized spacial score (nSPS) is 11.3. The Morgan fingerprint density at radius 1 is 1.10 bits per heavy atom. The summed E-state index contributed by atoms with van der Waals surface area (Å²) in [6, 6.07) is 8.11. The Morgan fingerprint density at radius 2 is 1.81 bits per heavy atom. The quantitative estimate of drug-likeness (QED) is 0.583. The molecule has 0 heterocycles. The van der Waals surface area contributed by atoms with Crippen molar-refractivity contribution in [1.82, 2.24) is 0 Å². The van der Waals surface area contributed by atoms with Gasteiger partial charge in [0.25, 0.3) is 0 Å². The second kappa shape index (κ2) is 5.85. The van der Waals surface area contributed by atoms with E-state index in [1.165, 1.54) is 18.2 Å². The fourth-order valence-corrected chi connectivity index (χ4v) is 2.09. The van der Waals surface area contributed by atoms with Gasteiger partial charge in [0.1, 0.15) is 11.6 Å². The van der Waals surface area contributed by atoms with Crippen LogP contribution < -0.4 is 4.74 Å². The molecule has 0 unspecified atom stereocenters. The highest BCUT2D eigenvalue weighted by Crippen LogP contribution is 2.26. The summed E-state index contributed by atoms with van der Waals surface area (Å²) < 4.78 is 53.7. The van der Waals surface area contributed by atoms with E-state index in [0.29, 0.717) is 4.47 Å². The zero-order valence-electron chi connectivity index (χ0n) is 10.2. The summed E-state index contributed by atoms with van der Waals surface area (Å²) in [5, 5.41) is 0. The van der Waals surface area contributed by atoms with Crippen LogP contribution >= 0.6 is 15.9 Å². The number of ether oxygens (including phenoxy) is 1. The van der Waals surface area contributed by atoms with Gasteiger partial charge >= 0.3 is 6.36 Å². The van der Waals surface area contributed by atoms with Gasteiger partial charge in [-0.1, -0.05) is 28.1 Å². The van der Waals surface area contributed by atoms with E-state index < -0.39 is 23.7 Å². The van der Waals surface area contributed by atoms with Crippen molar-refractivity contribution in [2.24, 2.45) is 0 Å². The van der Waals surface area contributed by atoms with Crippen LogP contribution in [0.15, 0.2) is 46.9 Å². The molecule has 0 aliphatic rings. The first kappa shape index (κ1) is 15.5. The molecule has 7 heteroatoms. The fraction of sp³-hybridized carbons (Fsp3) is 0.0714. The van der Waals surface area contributed by atoms with Gasteiger partial charge in [-0.3, -0.25) is 4.79 Å². The zero-order chi connectivity index (χ0) is 15.6. The molecule has 0 aliphatic carbocycles. The molecule has 2 nitrogen and oxygen atoms in total. The van der Waals surface area contributed by atoms with E-state index >= 15 is 0 Å². The van der Waals surface area contributed by atoms with E-state index in [2.05, 4.69) is 20.7 Å². The average molecular weight is 363 g/mol. The van der Waals surface area contributed by atoms with Crippen molar-refractivity contribution in [1.29, 1.82) is 0 Å². The number of alkyl halides is 3. The first-order valence-corrected chi connectivity index (χ1v) is 6.41. The van der Waals surface area contributed by atoms with Gasteiger partial charge in [-0.15, -0.1) is 13.2 Å². The number of carbonyl (C=O) groups excluding carboxylic acids is 1. The summed E-state index contributed by atoms with van der Waals surface area (Å²) in [7, 11) is 0. The van der Waals surface area contributed by atoms with Crippen LogP contribution in [0.4, 0.5) is 17.6 Å². The van der Waals surface area contributed by atoms with Gasteiger partial charge in [0.05, 0.1) is 0 Å². The van der Waals surface area contributed by atoms with Crippen molar-refractivity contribution >= 4 is 21.7 Å². The van der Waals surface area contributed by atoms with E-state index in [4.69, 9.17) is 0 Å². The molecule has 2 aromatic rings. The lowest BCUT2D eigenvalue weighted by molar-refractivity contribution is -0.274. The number of carbonyl (C=O) groups is 1. The molecule has 2 aromatic carbocycles. The Morgan fingerprint density at radius 3 is 2.48 bits per heavy atom. The summed E-state index contributed by atoms with van der Waals surface area (Å²) in [5.41, 5.74) is -0.0257. The molecular weight excluding hydrogens is 356 g/mol. The molecule has 21 heavy (non-hydrogen) atoms. The van der Waals surface area contributed by atoms with Gasteiger partial charge in [-0.2, -0.15) is 0 Å². The minimum Gasteiger partial charge on any atom is -0.406 e. The van der Waals surface area contributed by atoms with Gasteiger partial charge in [-0.25, -0.2) is 4.39 Å². The van der Waals surface area contributed by atoms with Gasteiger partial charge in [0, 0.05) is 15.6 Å². The van der Waals surface area contributed by atoms with Crippen LogP contribution in [0.5, 0.6) is 5.75 Å². The minimum absolute atomic E-state index is 0.0131. The van der Waals surface area contributed by atoms with E-state index in [1.807, 2.05) is 0 Å². The Hall–Kier alpha value is -1.89. The minimum atomic E-state index is -4.85. The highest BCUT2D eigenvalue weighted by atomic mass is 79.9. The van der Waals surface area contributed by atoms with Gasteiger partial charge < -0.3 is 4.74 Å². The van der Waals surface area contributed by atoms with Crippen LogP contribution in [0, 0.1) is 5.82 Å². The molecular formula is C14H7BrF4O2. The summed E-state index contributed by atoms with van der Waals surface area (Å²) in [6.45, 7) is 0. The predicted molar refractivity (Wildman–Crippen MR) is 70.7 cm³/mol. The summed E-state index contributed by atoms with van der Waals surface area (Å²) in [5.74, 6) is -1.75. The molecule has 0 bridgehead atoms. The molecule has 0 radical (unpaired) electrons. The maximum atomic E-state index is 13.2. The highest BCUT2D eigenvalue weighted by Gasteiger charge is 2.31. The second-order valence-electron chi connectivity index (χ2n) is 4.03. The number of halogens is 5. The van der Waals surface area contributed by atoms with Crippen molar-refractivity contribution in [2.45, 2.75) is 6.36 Å². The monoisotopic (exact) mass is 362 g/mol. The molecule has 0 amide bonds. The molecule has 110 valence electrons. The molecule has 0 aliphatic heterocycles. The first-order valence-electron chi connectivity index (χ1n) is 5.62. The van der Waals surface area contributed by atoms with E-state index in [1.54, 1.807) is 0 Å². The molecule has 0 saturated carbocycles. The number of ketones is 1. The van der Waals surface area contributed by atoms with Crippen molar-refractivity contribution in [3.63, 3.8) is 0 Å². The third kappa shape index (κ3) is 4.04. The van der Waals surface area contributed by atoms with Crippen LogP contribution in [0.25, 0.3) is 0 Å². The van der Waals surface area contributed by atoms with E-state index in [-0.39, 0.29) is 11.1 Å². The smallest absolute Gasteiger partial charge is 0.406 e. The Bertz CT molecular complexity index is 683. The van der Waals surface area contributed by atoms with Crippen molar-refractivity contribution in [3.8, 4) is 5.75 Å².